The summed E-state index contributed by atoms with van der Waals surface area (Å²) < 4.78 is 0. The van der Waals surface area contributed by atoms with E-state index in [2.05, 4.69) is 10.3 Å². The van der Waals surface area contributed by atoms with Gasteiger partial charge in [0, 0.05) is 29.3 Å². The number of carbonyl (C=O) groups excluding carboxylic acids is 1. The van der Waals surface area contributed by atoms with Crippen LogP contribution in [0.3, 0.4) is 0 Å². The molecule has 2 aromatic carbocycles. The molecule has 20 heavy (non-hydrogen) atoms. The van der Waals surface area contributed by atoms with E-state index < -0.39 is 0 Å². The number of hydrogen-bond donors (Lipinski definition) is 3. The average molecular weight is 265 g/mol. The van der Waals surface area contributed by atoms with Gasteiger partial charge in [0.2, 0.25) is 0 Å². The Labute approximate surface area is 116 Å². The van der Waals surface area contributed by atoms with E-state index in [9.17, 15) is 4.79 Å². The van der Waals surface area contributed by atoms with Crippen LogP contribution < -0.4 is 11.1 Å². The van der Waals surface area contributed by atoms with Crippen molar-refractivity contribution in [3.05, 3.63) is 65.9 Å². The molecule has 0 aliphatic heterocycles. The molecule has 1 aromatic heterocycles. The quantitative estimate of drug-likeness (QED) is 0.637. The Kier molecular flexibility index (Phi) is 3.13. The molecule has 0 saturated heterocycles. The second-order valence-corrected chi connectivity index (χ2v) is 4.67. The summed E-state index contributed by atoms with van der Waals surface area (Å²) in [6.45, 7) is 0.485. The molecule has 1 heterocycles. The Bertz CT molecular complexity index is 744. The van der Waals surface area contributed by atoms with Gasteiger partial charge in [0.1, 0.15) is 0 Å². The van der Waals surface area contributed by atoms with Gasteiger partial charge < -0.3 is 16.0 Å². The molecule has 1 amide bonds. The van der Waals surface area contributed by atoms with Crippen LogP contribution in [0, 0.1) is 0 Å². The van der Waals surface area contributed by atoms with Crippen molar-refractivity contribution in [2.75, 3.05) is 5.73 Å². The summed E-state index contributed by atoms with van der Waals surface area (Å²) in [5.74, 6) is -0.0840. The van der Waals surface area contributed by atoms with Gasteiger partial charge in [0.25, 0.3) is 5.91 Å². The molecule has 0 unspecified atom stereocenters. The number of aromatic nitrogens is 1. The van der Waals surface area contributed by atoms with Gasteiger partial charge in [-0.3, -0.25) is 4.79 Å². The Morgan fingerprint density at radius 3 is 2.65 bits per heavy atom. The van der Waals surface area contributed by atoms with Crippen LogP contribution in [0.15, 0.2) is 54.7 Å². The van der Waals surface area contributed by atoms with Crippen LogP contribution >= 0.6 is 0 Å². The fourth-order valence-corrected chi connectivity index (χ4v) is 2.17. The number of fused-ring (bicyclic) bond motifs is 1. The summed E-state index contributed by atoms with van der Waals surface area (Å²) in [4.78, 5) is 15.3. The van der Waals surface area contributed by atoms with Gasteiger partial charge in [0.15, 0.2) is 0 Å². The fourth-order valence-electron chi connectivity index (χ4n) is 2.17. The molecule has 0 aliphatic rings. The maximum atomic E-state index is 12.2. The minimum absolute atomic E-state index is 0.0840. The number of nitrogens with two attached hydrogens (primary N) is 1. The molecule has 0 fully saturated rings. The Morgan fingerprint density at radius 1 is 1.10 bits per heavy atom. The van der Waals surface area contributed by atoms with Gasteiger partial charge >= 0.3 is 0 Å². The molecule has 4 nitrogen and oxygen atoms in total. The zero-order chi connectivity index (χ0) is 13.9. The van der Waals surface area contributed by atoms with Gasteiger partial charge in [-0.15, -0.1) is 0 Å². The van der Waals surface area contributed by atoms with Crippen molar-refractivity contribution < 1.29 is 4.79 Å². The summed E-state index contributed by atoms with van der Waals surface area (Å²) in [7, 11) is 0. The van der Waals surface area contributed by atoms with Crippen molar-refractivity contribution in [1.82, 2.24) is 10.3 Å². The molecule has 0 radical (unpaired) electrons. The maximum absolute atomic E-state index is 12.2. The molecular weight excluding hydrogens is 250 g/mol. The van der Waals surface area contributed by atoms with Crippen molar-refractivity contribution in [1.29, 1.82) is 0 Å². The number of amides is 1. The zero-order valence-corrected chi connectivity index (χ0v) is 10.9. The lowest BCUT2D eigenvalue weighted by Crippen LogP contribution is -2.22. The minimum Gasteiger partial charge on any atom is -0.399 e. The molecule has 3 aromatic rings. The number of para-hydroxylation sites is 1. The molecule has 0 spiro atoms. The topological polar surface area (TPSA) is 70.9 Å². The van der Waals surface area contributed by atoms with E-state index in [0.717, 1.165) is 22.2 Å². The lowest BCUT2D eigenvalue weighted by Gasteiger charge is -2.05. The first kappa shape index (κ1) is 12.3. The van der Waals surface area contributed by atoms with E-state index in [-0.39, 0.29) is 5.91 Å². The number of nitrogens with one attached hydrogen (secondary N) is 2. The highest BCUT2D eigenvalue weighted by molar-refractivity contribution is 6.06. The number of anilines is 1. The fraction of sp³-hybridized carbons (Fsp3) is 0.0625. The van der Waals surface area contributed by atoms with E-state index in [1.165, 1.54) is 0 Å². The largest absolute Gasteiger partial charge is 0.399 e. The van der Waals surface area contributed by atoms with Gasteiger partial charge in [0.05, 0.1) is 5.56 Å². The van der Waals surface area contributed by atoms with Crippen molar-refractivity contribution in [3.63, 3.8) is 0 Å². The molecule has 0 atom stereocenters. The Balaban J connectivity index is 1.75. The van der Waals surface area contributed by atoms with Gasteiger partial charge in [-0.1, -0.05) is 30.3 Å². The zero-order valence-electron chi connectivity index (χ0n) is 10.9. The first-order valence-electron chi connectivity index (χ1n) is 6.43. The highest BCUT2D eigenvalue weighted by Gasteiger charge is 2.10. The number of hydrogen-bond acceptors (Lipinski definition) is 2. The molecule has 3 rings (SSSR count). The smallest absolute Gasteiger partial charge is 0.253 e. The first-order chi connectivity index (χ1) is 9.74. The lowest BCUT2D eigenvalue weighted by atomic mass is 10.1. The summed E-state index contributed by atoms with van der Waals surface area (Å²) in [5.41, 5.74) is 9.00. The molecular formula is C16H15N3O. The van der Waals surface area contributed by atoms with Crippen molar-refractivity contribution in [3.8, 4) is 0 Å². The van der Waals surface area contributed by atoms with Crippen molar-refractivity contribution in [2.45, 2.75) is 6.54 Å². The van der Waals surface area contributed by atoms with E-state index in [1.54, 1.807) is 6.20 Å². The summed E-state index contributed by atoms with van der Waals surface area (Å²) in [6, 6.07) is 15.2. The van der Waals surface area contributed by atoms with Crippen LogP contribution in [0.4, 0.5) is 5.69 Å². The van der Waals surface area contributed by atoms with Crippen molar-refractivity contribution in [2.24, 2.45) is 0 Å². The van der Waals surface area contributed by atoms with E-state index in [1.807, 2.05) is 48.5 Å². The lowest BCUT2D eigenvalue weighted by molar-refractivity contribution is 0.0952. The van der Waals surface area contributed by atoms with Crippen LogP contribution in [-0.2, 0) is 6.54 Å². The van der Waals surface area contributed by atoms with E-state index in [0.29, 0.717) is 12.1 Å². The second kappa shape index (κ2) is 5.09. The van der Waals surface area contributed by atoms with Crippen molar-refractivity contribution >= 4 is 22.5 Å². The predicted molar refractivity (Wildman–Crippen MR) is 80.3 cm³/mol. The third-order valence-corrected chi connectivity index (χ3v) is 3.27. The molecule has 4 heteroatoms. The SMILES string of the molecule is Nc1ccc(CNC(=O)c2c[nH]c3ccccc23)cc1. The summed E-state index contributed by atoms with van der Waals surface area (Å²) in [5, 5.41) is 3.85. The highest BCUT2D eigenvalue weighted by atomic mass is 16.1. The molecule has 0 saturated carbocycles. The molecule has 0 aliphatic carbocycles. The molecule has 100 valence electrons. The summed E-state index contributed by atoms with van der Waals surface area (Å²) in [6.07, 6.45) is 1.74. The number of carbonyl (C=O) groups is 1. The normalized spacial score (nSPS) is 10.6. The third-order valence-electron chi connectivity index (χ3n) is 3.27. The van der Waals surface area contributed by atoms with Gasteiger partial charge in [-0.2, -0.15) is 0 Å². The van der Waals surface area contributed by atoms with Gasteiger partial charge in [-0.05, 0) is 23.8 Å². The predicted octanol–water partition coefficient (Wildman–Crippen LogP) is 2.68. The Morgan fingerprint density at radius 2 is 1.85 bits per heavy atom. The monoisotopic (exact) mass is 265 g/mol. The molecule has 0 bridgehead atoms. The average Bonchev–Trinajstić information content (AvgIpc) is 2.90. The highest BCUT2D eigenvalue weighted by Crippen LogP contribution is 2.17. The maximum Gasteiger partial charge on any atom is 0.253 e. The number of benzene rings is 2. The van der Waals surface area contributed by atoms with Crippen LogP contribution in [-0.4, -0.2) is 10.9 Å². The van der Waals surface area contributed by atoms with Gasteiger partial charge in [-0.25, -0.2) is 0 Å². The van der Waals surface area contributed by atoms with E-state index in [4.69, 9.17) is 5.73 Å². The van der Waals surface area contributed by atoms with E-state index >= 15 is 0 Å². The Hall–Kier alpha value is -2.75. The standard InChI is InChI=1S/C16H15N3O/c17-12-7-5-11(6-8-12)9-19-16(20)14-10-18-15-4-2-1-3-13(14)15/h1-8,10,18H,9,17H2,(H,19,20). The number of H-pyrrole nitrogens is 1. The minimum atomic E-state index is -0.0840. The number of nitrogen functional groups attached to an aromatic ring is 1. The molecule has 4 N–H and O–H groups in total. The van der Waals surface area contributed by atoms with Crippen LogP contribution in [0.5, 0.6) is 0 Å². The van der Waals surface area contributed by atoms with Crippen LogP contribution in [0.25, 0.3) is 10.9 Å². The summed E-state index contributed by atoms with van der Waals surface area (Å²) >= 11 is 0. The third kappa shape index (κ3) is 2.36. The second-order valence-electron chi connectivity index (χ2n) is 4.67. The number of rotatable bonds is 3. The number of aromatic amines is 1. The van der Waals surface area contributed by atoms with Crippen LogP contribution in [0.1, 0.15) is 15.9 Å². The van der Waals surface area contributed by atoms with Crippen LogP contribution in [0.2, 0.25) is 0 Å². The first-order valence-corrected chi connectivity index (χ1v) is 6.43.